The lowest BCUT2D eigenvalue weighted by Gasteiger charge is -2.61. The third-order valence-electron chi connectivity index (χ3n) is 7.89. The number of hydrogen-bond acceptors (Lipinski definition) is 3. The molecule has 4 rings (SSSR count). The molecule has 5 heteroatoms. The van der Waals surface area contributed by atoms with E-state index >= 15 is 0 Å². The van der Waals surface area contributed by atoms with Crippen LogP contribution in [0.1, 0.15) is 51.7 Å². The first-order chi connectivity index (χ1) is 12.7. The van der Waals surface area contributed by atoms with Crippen LogP contribution < -0.4 is 0 Å². The van der Waals surface area contributed by atoms with E-state index in [9.17, 15) is 14.7 Å². The standard InChI is InChI=1S/C22H30N2O3/c1-14(25)23-10-8-15(13-23)20(27)24-11-9-22(4)17-6-5-7-18(26)16(17)12-19(24)21(22,2)3/h5-7,15,19,26H,8-13H2,1-4H3/t15?,19-,22+/m1/s1. The average Bonchev–Trinajstić information content (AvgIpc) is 3.09. The van der Waals surface area contributed by atoms with Crippen LogP contribution in [0, 0.1) is 11.3 Å². The highest BCUT2D eigenvalue weighted by atomic mass is 16.3. The molecule has 0 spiro atoms. The molecule has 1 aliphatic carbocycles. The van der Waals surface area contributed by atoms with Crippen LogP contribution in [0.25, 0.3) is 0 Å². The Kier molecular flexibility index (Phi) is 4.06. The van der Waals surface area contributed by atoms with Gasteiger partial charge in [0.15, 0.2) is 0 Å². The molecule has 1 N–H and O–H groups in total. The lowest BCUT2D eigenvalue weighted by molar-refractivity contribution is -0.147. The second-order valence-corrected chi connectivity index (χ2v) is 9.31. The van der Waals surface area contributed by atoms with Gasteiger partial charge in [-0.3, -0.25) is 9.59 Å². The van der Waals surface area contributed by atoms with Crippen molar-refractivity contribution in [3.05, 3.63) is 29.3 Å². The fraction of sp³-hybridized carbons (Fsp3) is 0.636. The van der Waals surface area contributed by atoms with Gasteiger partial charge in [-0.1, -0.05) is 32.9 Å². The monoisotopic (exact) mass is 370 g/mol. The molecule has 27 heavy (non-hydrogen) atoms. The summed E-state index contributed by atoms with van der Waals surface area (Å²) in [5, 5.41) is 10.5. The first kappa shape index (κ1) is 18.3. The number of carbonyl (C=O) groups is 2. The van der Waals surface area contributed by atoms with Gasteiger partial charge in [0.1, 0.15) is 5.75 Å². The molecule has 2 bridgehead atoms. The molecule has 0 aromatic heterocycles. The molecule has 1 aromatic rings. The van der Waals surface area contributed by atoms with Gasteiger partial charge >= 0.3 is 0 Å². The number of likely N-dealkylation sites (tertiary alicyclic amines) is 2. The summed E-state index contributed by atoms with van der Waals surface area (Å²) in [7, 11) is 0. The summed E-state index contributed by atoms with van der Waals surface area (Å²) in [6.07, 6.45) is 2.34. The zero-order chi connectivity index (χ0) is 19.6. The second kappa shape index (κ2) is 5.98. The van der Waals surface area contributed by atoms with E-state index in [0.717, 1.165) is 24.9 Å². The molecule has 2 fully saturated rings. The Morgan fingerprint density at radius 1 is 1.19 bits per heavy atom. The normalized spacial score (nSPS) is 31.6. The van der Waals surface area contributed by atoms with E-state index in [2.05, 4.69) is 31.7 Å². The van der Waals surface area contributed by atoms with Crippen LogP contribution in [0.5, 0.6) is 5.75 Å². The molecular weight excluding hydrogens is 340 g/mol. The lowest BCUT2D eigenvalue weighted by Crippen LogP contribution is -2.65. The smallest absolute Gasteiger partial charge is 0.227 e. The number of phenolic OH excluding ortho intramolecular Hbond substituents is 1. The van der Waals surface area contributed by atoms with Crippen molar-refractivity contribution in [2.24, 2.45) is 11.3 Å². The number of amides is 2. The van der Waals surface area contributed by atoms with Crippen LogP contribution in [0.4, 0.5) is 0 Å². The Morgan fingerprint density at radius 2 is 1.93 bits per heavy atom. The Morgan fingerprint density at radius 3 is 2.59 bits per heavy atom. The number of aromatic hydroxyl groups is 1. The van der Waals surface area contributed by atoms with E-state index in [4.69, 9.17) is 0 Å². The van der Waals surface area contributed by atoms with Crippen LogP contribution >= 0.6 is 0 Å². The van der Waals surface area contributed by atoms with Crippen LogP contribution in [-0.2, 0) is 21.4 Å². The Bertz CT molecular complexity index is 803. The van der Waals surface area contributed by atoms with Crippen molar-refractivity contribution >= 4 is 11.8 Å². The zero-order valence-corrected chi connectivity index (χ0v) is 16.8. The van der Waals surface area contributed by atoms with E-state index in [0.29, 0.717) is 25.3 Å². The fourth-order valence-corrected chi connectivity index (χ4v) is 5.67. The van der Waals surface area contributed by atoms with Crippen molar-refractivity contribution in [3.8, 4) is 5.75 Å². The Hall–Kier alpha value is -2.04. The number of fused-ring (bicyclic) bond motifs is 4. The molecule has 2 saturated heterocycles. The van der Waals surface area contributed by atoms with Gasteiger partial charge in [-0.15, -0.1) is 0 Å². The van der Waals surface area contributed by atoms with Gasteiger partial charge < -0.3 is 14.9 Å². The number of carbonyl (C=O) groups excluding carboxylic acids is 2. The van der Waals surface area contributed by atoms with Gasteiger partial charge in [0, 0.05) is 38.0 Å². The quantitative estimate of drug-likeness (QED) is 0.827. The number of nitrogens with zero attached hydrogens (tertiary/aromatic N) is 2. The topological polar surface area (TPSA) is 60.9 Å². The molecule has 2 aliphatic heterocycles. The number of benzene rings is 1. The molecule has 3 atom stereocenters. The number of piperidine rings is 1. The molecule has 5 nitrogen and oxygen atoms in total. The first-order valence-electron chi connectivity index (χ1n) is 10.0. The van der Waals surface area contributed by atoms with E-state index < -0.39 is 0 Å². The van der Waals surface area contributed by atoms with Crippen molar-refractivity contribution in [2.45, 2.75) is 58.4 Å². The molecule has 0 saturated carbocycles. The maximum atomic E-state index is 13.4. The minimum Gasteiger partial charge on any atom is -0.508 e. The van der Waals surface area contributed by atoms with Crippen molar-refractivity contribution in [1.82, 2.24) is 9.80 Å². The van der Waals surface area contributed by atoms with E-state index in [1.165, 1.54) is 5.56 Å². The molecule has 146 valence electrons. The van der Waals surface area contributed by atoms with Gasteiger partial charge in [0.25, 0.3) is 0 Å². The van der Waals surface area contributed by atoms with Gasteiger partial charge in [-0.05, 0) is 41.9 Å². The molecule has 2 heterocycles. The minimum absolute atomic E-state index is 0.0494. The summed E-state index contributed by atoms with van der Waals surface area (Å²) in [6, 6.07) is 5.90. The highest BCUT2D eigenvalue weighted by molar-refractivity contribution is 5.82. The fourth-order valence-electron chi connectivity index (χ4n) is 5.67. The van der Waals surface area contributed by atoms with Crippen LogP contribution in [0.15, 0.2) is 18.2 Å². The van der Waals surface area contributed by atoms with Gasteiger partial charge in [0.2, 0.25) is 11.8 Å². The number of phenols is 1. The van der Waals surface area contributed by atoms with Gasteiger partial charge in [0.05, 0.1) is 5.92 Å². The second-order valence-electron chi connectivity index (χ2n) is 9.31. The van der Waals surface area contributed by atoms with E-state index in [1.807, 2.05) is 6.07 Å². The highest BCUT2D eigenvalue weighted by Gasteiger charge is 2.57. The van der Waals surface area contributed by atoms with Crippen LogP contribution in [0.2, 0.25) is 0 Å². The maximum Gasteiger partial charge on any atom is 0.227 e. The molecule has 3 aliphatic rings. The van der Waals surface area contributed by atoms with Gasteiger partial charge in [-0.25, -0.2) is 0 Å². The van der Waals surface area contributed by atoms with Gasteiger partial charge in [-0.2, -0.15) is 0 Å². The van der Waals surface area contributed by atoms with Crippen molar-refractivity contribution < 1.29 is 14.7 Å². The molecule has 1 aromatic carbocycles. The Balaban J connectivity index is 1.67. The lowest BCUT2D eigenvalue weighted by atomic mass is 9.51. The SMILES string of the molecule is CC(=O)N1CCC(C(=O)N2CC[C@@]3(C)c4cccc(O)c4C[C@@H]2C3(C)C)C1. The van der Waals surface area contributed by atoms with Crippen LogP contribution in [-0.4, -0.2) is 52.4 Å². The summed E-state index contributed by atoms with van der Waals surface area (Å²) in [5.41, 5.74) is 2.08. The largest absolute Gasteiger partial charge is 0.508 e. The summed E-state index contributed by atoms with van der Waals surface area (Å²) >= 11 is 0. The molecular formula is C22H30N2O3. The highest BCUT2D eigenvalue weighted by Crippen LogP contribution is 2.57. The molecule has 0 radical (unpaired) electrons. The van der Waals surface area contributed by atoms with Crippen molar-refractivity contribution in [3.63, 3.8) is 0 Å². The third-order valence-corrected chi connectivity index (χ3v) is 7.89. The summed E-state index contributed by atoms with van der Waals surface area (Å²) in [6.45, 7) is 10.3. The average molecular weight is 370 g/mol. The zero-order valence-electron chi connectivity index (χ0n) is 16.8. The van der Waals surface area contributed by atoms with E-state index in [1.54, 1.807) is 17.9 Å². The molecule has 2 amide bonds. The van der Waals surface area contributed by atoms with E-state index in [-0.39, 0.29) is 34.6 Å². The number of hydrogen-bond donors (Lipinski definition) is 1. The predicted molar refractivity (Wildman–Crippen MR) is 103 cm³/mol. The predicted octanol–water partition coefficient (Wildman–Crippen LogP) is 2.70. The number of rotatable bonds is 1. The molecule has 1 unspecified atom stereocenters. The first-order valence-corrected chi connectivity index (χ1v) is 10.0. The minimum atomic E-state index is -0.0974. The van der Waals surface area contributed by atoms with Crippen molar-refractivity contribution in [1.29, 1.82) is 0 Å². The summed E-state index contributed by atoms with van der Waals surface area (Å²) in [4.78, 5) is 28.9. The Labute approximate surface area is 161 Å². The van der Waals surface area contributed by atoms with Crippen molar-refractivity contribution in [2.75, 3.05) is 19.6 Å². The summed E-state index contributed by atoms with van der Waals surface area (Å²) < 4.78 is 0. The van der Waals surface area contributed by atoms with Crippen LogP contribution in [0.3, 0.4) is 0 Å². The maximum absolute atomic E-state index is 13.4. The third kappa shape index (κ3) is 2.50. The summed E-state index contributed by atoms with van der Waals surface area (Å²) in [5.74, 6) is 0.475.